The molecule has 0 aliphatic heterocycles. The third kappa shape index (κ3) is 4.55. The van der Waals surface area contributed by atoms with Gasteiger partial charge in [-0.3, -0.25) is 4.79 Å². The monoisotopic (exact) mass is 331 g/mol. The average Bonchev–Trinajstić information content (AvgIpc) is 2.45. The molecule has 4 heteroatoms. The molecule has 3 nitrogen and oxygen atoms in total. The van der Waals surface area contributed by atoms with Crippen LogP contribution < -0.4 is 10.5 Å². The van der Waals surface area contributed by atoms with Crippen LogP contribution in [0.25, 0.3) is 6.08 Å². The highest BCUT2D eigenvalue weighted by Gasteiger charge is 1.97. The van der Waals surface area contributed by atoms with E-state index in [0.29, 0.717) is 6.61 Å². The molecule has 0 saturated carbocycles. The lowest BCUT2D eigenvalue weighted by molar-refractivity contribution is -0.113. The number of rotatable bonds is 5. The van der Waals surface area contributed by atoms with Crippen molar-refractivity contribution in [1.29, 1.82) is 0 Å². The van der Waals surface area contributed by atoms with Crippen LogP contribution in [0.4, 0.5) is 0 Å². The van der Waals surface area contributed by atoms with Gasteiger partial charge in [-0.2, -0.15) is 0 Å². The topological polar surface area (TPSA) is 52.3 Å². The molecular weight excluding hydrogens is 318 g/mol. The van der Waals surface area contributed by atoms with E-state index in [9.17, 15) is 4.79 Å². The molecule has 20 heavy (non-hydrogen) atoms. The van der Waals surface area contributed by atoms with E-state index in [1.54, 1.807) is 6.08 Å². The summed E-state index contributed by atoms with van der Waals surface area (Å²) in [7, 11) is 0. The highest BCUT2D eigenvalue weighted by molar-refractivity contribution is 9.10. The van der Waals surface area contributed by atoms with Gasteiger partial charge < -0.3 is 10.5 Å². The summed E-state index contributed by atoms with van der Waals surface area (Å²) in [5.41, 5.74) is 7.03. The van der Waals surface area contributed by atoms with Crippen LogP contribution in [0.2, 0.25) is 0 Å². The standard InChI is InChI=1S/C16H14BrNO2/c17-14-7-4-13(5-8-14)11-20-15-3-1-2-12(10-15)6-9-16(18)19/h1-10H,11H2,(H2,18,19)/b9-6-. The maximum absolute atomic E-state index is 10.7. The summed E-state index contributed by atoms with van der Waals surface area (Å²) in [6.45, 7) is 0.496. The van der Waals surface area contributed by atoms with Crippen molar-refractivity contribution >= 4 is 27.9 Å². The normalized spacial score (nSPS) is 10.7. The zero-order valence-corrected chi connectivity index (χ0v) is 12.3. The lowest BCUT2D eigenvalue weighted by Crippen LogP contribution is -2.05. The molecule has 0 saturated heterocycles. The van der Waals surface area contributed by atoms with Gasteiger partial charge in [0.15, 0.2) is 0 Å². The minimum absolute atomic E-state index is 0.466. The van der Waals surface area contributed by atoms with Crippen molar-refractivity contribution in [2.45, 2.75) is 6.61 Å². The first-order valence-corrected chi connectivity index (χ1v) is 6.87. The molecule has 0 unspecified atom stereocenters. The van der Waals surface area contributed by atoms with Gasteiger partial charge in [0.1, 0.15) is 12.4 Å². The van der Waals surface area contributed by atoms with Crippen LogP contribution in [0.1, 0.15) is 11.1 Å². The molecule has 2 aromatic rings. The quantitative estimate of drug-likeness (QED) is 0.852. The molecule has 0 heterocycles. The highest BCUT2D eigenvalue weighted by atomic mass is 79.9. The van der Waals surface area contributed by atoms with E-state index in [-0.39, 0.29) is 0 Å². The van der Waals surface area contributed by atoms with Crippen LogP contribution in [-0.2, 0) is 11.4 Å². The molecule has 0 aliphatic carbocycles. The van der Waals surface area contributed by atoms with Crippen molar-refractivity contribution in [3.8, 4) is 5.75 Å². The van der Waals surface area contributed by atoms with Crippen molar-refractivity contribution in [3.05, 3.63) is 70.2 Å². The number of hydrogen-bond donors (Lipinski definition) is 1. The second kappa shape index (κ2) is 6.91. The van der Waals surface area contributed by atoms with Gasteiger partial charge in [-0.05, 0) is 41.5 Å². The first-order valence-electron chi connectivity index (χ1n) is 6.08. The van der Waals surface area contributed by atoms with Gasteiger partial charge in [-0.15, -0.1) is 0 Å². The van der Waals surface area contributed by atoms with Crippen molar-refractivity contribution in [3.63, 3.8) is 0 Å². The molecule has 2 rings (SSSR count). The van der Waals surface area contributed by atoms with Crippen molar-refractivity contribution in [2.75, 3.05) is 0 Å². The Labute approximate surface area is 126 Å². The first kappa shape index (κ1) is 14.3. The molecule has 0 aliphatic rings. The zero-order chi connectivity index (χ0) is 14.4. The van der Waals surface area contributed by atoms with Crippen molar-refractivity contribution in [1.82, 2.24) is 0 Å². The predicted octanol–water partition coefficient (Wildman–Crippen LogP) is 3.53. The number of hydrogen-bond acceptors (Lipinski definition) is 2. The number of benzene rings is 2. The molecule has 0 atom stereocenters. The van der Waals surface area contributed by atoms with Gasteiger partial charge in [0.05, 0.1) is 0 Å². The molecule has 0 bridgehead atoms. The molecule has 102 valence electrons. The zero-order valence-electron chi connectivity index (χ0n) is 10.8. The molecule has 2 aromatic carbocycles. The molecule has 0 radical (unpaired) electrons. The Morgan fingerprint density at radius 3 is 2.65 bits per heavy atom. The number of ether oxygens (including phenoxy) is 1. The fraction of sp³-hybridized carbons (Fsp3) is 0.0625. The summed E-state index contributed by atoms with van der Waals surface area (Å²) < 4.78 is 6.76. The predicted molar refractivity (Wildman–Crippen MR) is 83.1 cm³/mol. The maximum atomic E-state index is 10.7. The third-order valence-electron chi connectivity index (χ3n) is 2.62. The van der Waals surface area contributed by atoms with E-state index < -0.39 is 5.91 Å². The minimum Gasteiger partial charge on any atom is -0.489 e. The molecule has 1 amide bonds. The van der Waals surface area contributed by atoms with E-state index in [0.717, 1.165) is 21.3 Å². The summed E-state index contributed by atoms with van der Waals surface area (Å²) in [4.78, 5) is 10.7. The van der Waals surface area contributed by atoms with Crippen LogP contribution in [0.5, 0.6) is 5.75 Å². The lowest BCUT2D eigenvalue weighted by atomic mass is 10.2. The van der Waals surface area contributed by atoms with Gasteiger partial charge >= 0.3 is 0 Å². The second-order valence-corrected chi connectivity index (χ2v) is 5.14. The Balaban J connectivity index is 2.01. The van der Waals surface area contributed by atoms with Crippen LogP contribution in [-0.4, -0.2) is 5.91 Å². The second-order valence-electron chi connectivity index (χ2n) is 4.22. The number of primary amides is 1. The number of carbonyl (C=O) groups excluding carboxylic acids is 1. The number of carbonyl (C=O) groups is 1. The van der Waals surface area contributed by atoms with E-state index >= 15 is 0 Å². The minimum atomic E-state index is -0.466. The smallest absolute Gasteiger partial charge is 0.241 e. The lowest BCUT2D eigenvalue weighted by Gasteiger charge is -2.07. The number of amides is 1. The molecule has 0 fully saturated rings. The fourth-order valence-corrected chi connectivity index (χ4v) is 1.90. The van der Waals surface area contributed by atoms with E-state index in [4.69, 9.17) is 10.5 Å². The van der Waals surface area contributed by atoms with Gasteiger partial charge in [-0.1, -0.05) is 40.2 Å². The molecule has 0 spiro atoms. The Morgan fingerprint density at radius 2 is 1.95 bits per heavy atom. The van der Waals surface area contributed by atoms with Crippen molar-refractivity contribution in [2.24, 2.45) is 5.73 Å². The molecule has 2 N–H and O–H groups in total. The van der Waals surface area contributed by atoms with Crippen LogP contribution >= 0.6 is 15.9 Å². The summed E-state index contributed by atoms with van der Waals surface area (Å²) in [6.07, 6.45) is 2.99. The Morgan fingerprint density at radius 1 is 1.20 bits per heavy atom. The summed E-state index contributed by atoms with van der Waals surface area (Å²) in [5.74, 6) is 0.283. The van der Waals surface area contributed by atoms with E-state index in [1.165, 1.54) is 6.08 Å². The first-order chi connectivity index (χ1) is 9.63. The summed E-state index contributed by atoms with van der Waals surface area (Å²) in [5, 5.41) is 0. The van der Waals surface area contributed by atoms with Crippen molar-refractivity contribution < 1.29 is 9.53 Å². The van der Waals surface area contributed by atoms with Gasteiger partial charge in [0.25, 0.3) is 0 Å². The molecular formula is C16H14BrNO2. The maximum Gasteiger partial charge on any atom is 0.241 e. The van der Waals surface area contributed by atoms with Crippen LogP contribution in [0.15, 0.2) is 59.1 Å². The Bertz CT molecular complexity index is 621. The number of halogens is 1. The third-order valence-corrected chi connectivity index (χ3v) is 3.15. The SMILES string of the molecule is NC(=O)/C=C\c1cccc(OCc2ccc(Br)cc2)c1. The summed E-state index contributed by atoms with van der Waals surface area (Å²) >= 11 is 3.39. The van der Waals surface area contributed by atoms with Gasteiger partial charge in [0, 0.05) is 10.5 Å². The molecule has 0 aromatic heterocycles. The van der Waals surface area contributed by atoms with Gasteiger partial charge in [0.2, 0.25) is 5.91 Å². The number of nitrogens with two attached hydrogens (primary N) is 1. The Kier molecular flexibility index (Phi) is 4.96. The fourth-order valence-electron chi connectivity index (χ4n) is 1.63. The highest BCUT2D eigenvalue weighted by Crippen LogP contribution is 2.17. The van der Waals surface area contributed by atoms with Crippen LogP contribution in [0, 0.1) is 0 Å². The largest absolute Gasteiger partial charge is 0.489 e. The summed E-state index contributed by atoms with van der Waals surface area (Å²) in [6, 6.07) is 15.4. The van der Waals surface area contributed by atoms with Crippen LogP contribution in [0.3, 0.4) is 0 Å². The Hall–Kier alpha value is -2.07. The van der Waals surface area contributed by atoms with E-state index in [2.05, 4.69) is 15.9 Å². The van der Waals surface area contributed by atoms with E-state index in [1.807, 2.05) is 48.5 Å². The average molecular weight is 332 g/mol. The van der Waals surface area contributed by atoms with Gasteiger partial charge in [-0.25, -0.2) is 0 Å².